The molecule has 0 saturated heterocycles. The van der Waals surface area contributed by atoms with Crippen LogP contribution in [0.4, 0.5) is 26.7 Å². The van der Waals surface area contributed by atoms with Crippen LogP contribution in [0.5, 0.6) is 0 Å². The predicted molar refractivity (Wildman–Crippen MR) is 141 cm³/mol. The number of halogens is 5. The number of carbonyl (C=O) groups excluding carboxylic acids is 1. The third-order valence-corrected chi connectivity index (χ3v) is 6.17. The molecule has 13 heteroatoms. The van der Waals surface area contributed by atoms with Crippen molar-refractivity contribution in [2.45, 2.75) is 26.6 Å². The van der Waals surface area contributed by atoms with Gasteiger partial charge in [0, 0.05) is 23.4 Å². The molecule has 0 aliphatic rings. The van der Waals surface area contributed by atoms with Gasteiger partial charge in [0.05, 0.1) is 23.9 Å². The molecule has 3 rings (SSSR count). The summed E-state index contributed by atoms with van der Waals surface area (Å²) in [5.74, 6) is -1.27. The number of benzene rings is 2. The van der Waals surface area contributed by atoms with Crippen LogP contribution in [0.25, 0.3) is 11.1 Å². The van der Waals surface area contributed by atoms with Crippen molar-refractivity contribution in [3.63, 3.8) is 0 Å². The number of hydrogen-bond acceptors (Lipinski definition) is 5. The van der Waals surface area contributed by atoms with Gasteiger partial charge in [0.25, 0.3) is 0 Å². The van der Waals surface area contributed by atoms with Crippen molar-refractivity contribution in [1.82, 2.24) is 10.3 Å². The number of carbonyl (C=O) groups is 1. The van der Waals surface area contributed by atoms with Gasteiger partial charge in [0.15, 0.2) is 5.05 Å². The van der Waals surface area contributed by atoms with Crippen molar-refractivity contribution < 1.29 is 41.1 Å². The Kier molecular flexibility index (Phi) is 9.74. The molecule has 0 atom stereocenters. The van der Waals surface area contributed by atoms with Gasteiger partial charge in [-0.1, -0.05) is 24.3 Å². The maximum atomic E-state index is 15.0. The van der Waals surface area contributed by atoms with E-state index in [1.165, 1.54) is 51.6 Å². The van der Waals surface area contributed by atoms with Crippen LogP contribution in [0.15, 0.2) is 60.0 Å². The number of amides is 2. The molecule has 0 bridgehead atoms. The first-order valence-electron chi connectivity index (χ1n) is 11.8. The second-order valence-corrected chi connectivity index (χ2v) is 8.74. The second-order valence-electron chi connectivity index (χ2n) is 8.37. The molecule has 1 aromatic heterocycles. The van der Waals surface area contributed by atoms with Crippen LogP contribution in [-0.4, -0.2) is 42.6 Å². The molecule has 2 aromatic carbocycles. The first-order valence-corrected chi connectivity index (χ1v) is 12.2. The summed E-state index contributed by atoms with van der Waals surface area (Å²) in [6.07, 6.45) is -2.55. The van der Waals surface area contributed by atoms with E-state index >= 15 is 0 Å². The van der Waals surface area contributed by atoms with Gasteiger partial charge in [-0.2, -0.15) is 18.3 Å². The molecule has 0 radical (unpaired) electrons. The summed E-state index contributed by atoms with van der Waals surface area (Å²) in [7, 11) is 2.52. The molecule has 0 fully saturated rings. The number of alkyl halides is 3. The SMILES string of the molecule is CCN(/N=C(/C)c1cc(C(F)(F)F)c[n+](OC)c1)C(=O)NCc1ccc(-c2cccc(F)c2C(=S)OC)cc1F. The summed E-state index contributed by atoms with van der Waals surface area (Å²) < 4.78 is 75.0. The van der Waals surface area contributed by atoms with Crippen LogP contribution in [0.1, 0.15) is 36.1 Å². The van der Waals surface area contributed by atoms with Gasteiger partial charge in [-0.05, 0) is 55.4 Å². The van der Waals surface area contributed by atoms with Crippen LogP contribution in [0.3, 0.4) is 0 Å². The Morgan fingerprint density at radius 2 is 1.82 bits per heavy atom. The Morgan fingerprint density at radius 3 is 2.42 bits per heavy atom. The van der Waals surface area contributed by atoms with E-state index < -0.39 is 29.4 Å². The molecule has 212 valence electrons. The standard InChI is InChI=1S/C27H25F5N4O3S/c1-5-36(34-16(2)19-11-20(27(30,31)32)15-35(14-19)39-4)26(37)33-13-18-10-9-17(12-23(18)29)21-7-6-8-22(28)24(21)25(40)38-3/h6-12,14-15H,5,13H2,1-4H3/p+1/b34-16-. The molecule has 3 aromatic rings. The van der Waals surface area contributed by atoms with Crippen molar-refractivity contribution in [3.05, 3.63) is 88.7 Å². The van der Waals surface area contributed by atoms with Gasteiger partial charge in [-0.25, -0.2) is 18.6 Å². The lowest BCUT2D eigenvalue weighted by atomic mass is 9.98. The third-order valence-electron chi connectivity index (χ3n) is 5.80. The van der Waals surface area contributed by atoms with E-state index in [1.54, 1.807) is 19.1 Å². The minimum absolute atomic E-state index is 0.0315. The summed E-state index contributed by atoms with van der Waals surface area (Å²) >= 11 is 5.08. The molecule has 1 N–H and O–H groups in total. The van der Waals surface area contributed by atoms with Gasteiger partial charge in [-0.15, -0.1) is 0 Å². The first-order chi connectivity index (χ1) is 18.9. The predicted octanol–water partition coefficient (Wildman–Crippen LogP) is 5.27. The number of urea groups is 1. The fraction of sp³-hybridized carbons (Fsp3) is 0.259. The summed E-state index contributed by atoms with van der Waals surface area (Å²) in [4.78, 5) is 17.6. The minimum Gasteiger partial charge on any atom is -0.486 e. The van der Waals surface area contributed by atoms with Crippen LogP contribution in [-0.2, 0) is 17.5 Å². The van der Waals surface area contributed by atoms with Crippen molar-refractivity contribution in [2.24, 2.45) is 5.10 Å². The van der Waals surface area contributed by atoms with E-state index in [1.807, 2.05) is 0 Å². The van der Waals surface area contributed by atoms with Crippen LogP contribution in [0.2, 0.25) is 0 Å². The van der Waals surface area contributed by atoms with Crippen LogP contribution in [0, 0.1) is 11.6 Å². The van der Waals surface area contributed by atoms with E-state index in [2.05, 4.69) is 10.4 Å². The number of methoxy groups -OCH3 is 1. The Labute approximate surface area is 232 Å². The normalized spacial score (nSPS) is 11.7. The Morgan fingerprint density at radius 1 is 1.10 bits per heavy atom. The van der Waals surface area contributed by atoms with Gasteiger partial charge in [-0.3, -0.25) is 4.84 Å². The smallest absolute Gasteiger partial charge is 0.422 e. The van der Waals surface area contributed by atoms with Crippen LogP contribution < -0.4 is 14.9 Å². The van der Waals surface area contributed by atoms with Gasteiger partial charge in [0.2, 0.25) is 12.4 Å². The highest BCUT2D eigenvalue weighted by Crippen LogP contribution is 2.29. The van der Waals surface area contributed by atoms with Gasteiger partial charge >= 0.3 is 12.2 Å². The zero-order chi connectivity index (χ0) is 29.6. The molecule has 0 saturated carbocycles. The number of hydrogen-bond donors (Lipinski definition) is 1. The van der Waals surface area contributed by atoms with E-state index in [4.69, 9.17) is 21.8 Å². The van der Waals surface area contributed by atoms with Crippen molar-refractivity contribution in [3.8, 4) is 11.1 Å². The summed E-state index contributed by atoms with van der Waals surface area (Å²) in [6.45, 7) is 2.93. The number of rotatable bonds is 8. The molecular formula is C27H26F5N4O3S+. The maximum absolute atomic E-state index is 15.0. The number of pyridine rings is 1. The number of thiocarbonyl (C=S) groups is 1. The number of hydrazone groups is 1. The Hall–Kier alpha value is -4.13. The summed E-state index contributed by atoms with van der Waals surface area (Å²) in [5.41, 5.74) is 0.101. The molecule has 0 unspecified atom stereocenters. The third kappa shape index (κ3) is 7.08. The molecule has 7 nitrogen and oxygen atoms in total. The number of nitrogens with zero attached hydrogens (tertiary/aromatic N) is 3. The average molecular weight is 582 g/mol. The van der Waals surface area contributed by atoms with Crippen molar-refractivity contribution in [2.75, 3.05) is 20.8 Å². The van der Waals surface area contributed by atoms with Gasteiger partial charge in [0.1, 0.15) is 24.3 Å². The summed E-state index contributed by atoms with van der Waals surface area (Å²) in [5, 5.41) is 7.61. The van der Waals surface area contributed by atoms with Crippen LogP contribution >= 0.6 is 12.2 Å². The van der Waals surface area contributed by atoms with E-state index in [0.717, 1.165) is 22.0 Å². The monoisotopic (exact) mass is 581 g/mol. The fourth-order valence-electron chi connectivity index (χ4n) is 3.70. The van der Waals surface area contributed by atoms with E-state index in [9.17, 15) is 26.7 Å². The lowest BCUT2D eigenvalue weighted by Crippen LogP contribution is -2.42. The number of aromatic nitrogens is 1. The lowest BCUT2D eigenvalue weighted by Gasteiger charge is -2.18. The van der Waals surface area contributed by atoms with E-state index in [0.29, 0.717) is 11.1 Å². The molecule has 0 spiro atoms. The highest BCUT2D eigenvalue weighted by atomic mass is 32.1. The number of nitrogens with one attached hydrogen (secondary N) is 1. The maximum Gasteiger partial charge on any atom is 0.422 e. The largest absolute Gasteiger partial charge is 0.486 e. The average Bonchev–Trinajstić information content (AvgIpc) is 2.93. The number of ether oxygens (including phenoxy) is 1. The molecule has 2 amide bonds. The Bertz CT molecular complexity index is 1450. The Balaban J connectivity index is 1.78. The van der Waals surface area contributed by atoms with Crippen molar-refractivity contribution in [1.29, 1.82) is 0 Å². The summed E-state index contributed by atoms with van der Waals surface area (Å²) in [6, 6.07) is 8.64. The molecule has 40 heavy (non-hydrogen) atoms. The zero-order valence-electron chi connectivity index (χ0n) is 22.0. The molecule has 1 heterocycles. The molecular weight excluding hydrogens is 555 g/mol. The second kappa shape index (κ2) is 12.8. The van der Waals surface area contributed by atoms with E-state index in [-0.39, 0.29) is 40.5 Å². The highest BCUT2D eigenvalue weighted by Gasteiger charge is 2.35. The minimum atomic E-state index is -4.62. The molecule has 0 aliphatic carbocycles. The zero-order valence-corrected chi connectivity index (χ0v) is 22.8. The fourth-order valence-corrected chi connectivity index (χ4v) is 3.91. The van der Waals surface area contributed by atoms with Gasteiger partial charge < -0.3 is 10.1 Å². The highest BCUT2D eigenvalue weighted by molar-refractivity contribution is 7.80. The lowest BCUT2D eigenvalue weighted by molar-refractivity contribution is -0.886. The topological polar surface area (TPSA) is 67.0 Å². The van der Waals surface area contributed by atoms with Crippen molar-refractivity contribution >= 4 is 29.0 Å². The first kappa shape index (κ1) is 30.4. The molecule has 0 aliphatic heterocycles. The quantitative estimate of drug-likeness (QED) is 0.129.